The van der Waals surface area contributed by atoms with Crippen LogP contribution in [0.5, 0.6) is 0 Å². The molecule has 0 fully saturated rings. The summed E-state index contributed by atoms with van der Waals surface area (Å²) in [5, 5.41) is 10.7. The number of primary amides is 1. The van der Waals surface area contributed by atoms with Crippen LogP contribution in [0.3, 0.4) is 0 Å². The van der Waals surface area contributed by atoms with E-state index in [9.17, 15) is 14.4 Å². The van der Waals surface area contributed by atoms with Gasteiger partial charge in [0.2, 0.25) is 0 Å². The number of hydrogen-bond acceptors (Lipinski definition) is 3. The Balaban J connectivity index is 2.95. The predicted octanol–water partition coefficient (Wildman–Crippen LogP) is -0.662. The summed E-state index contributed by atoms with van der Waals surface area (Å²) in [7, 11) is 0. The van der Waals surface area contributed by atoms with Gasteiger partial charge in [0.25, 0.3) is 11.8 Å². The first-order chi connectivity index (χ1) is 8.50. The van der Waals surface area contributed by atoms with Crippen LogP contribution in [0.2, 0.25) is 0 Å². The number of nitrogens with two attached hydrogens (primary N) is 1. The van der Waals surface area contributed by atoms with Crippen LogP contribution in [0.4, 0.5) is 0 Å². The molecule has 0 heterocycles. The number of rotatable bonds is 3. The van der Waals surface area contributed by atoms with Gasteiger partial charge in [-0.2, -0.15) is 0 Å². The number of benzene rings is 1. The van der Waals surface area contributed by atoms with E-state index in [1.807, 2.05) is 0 Å². The number of carbonyl (C=O) groups excluding carboxylic acids is 2. The van der Waals surface area contributed by atoms with Crippen LogP contribution in [0, 0.1) is 11.8 Å². The summed E-state index contributed by atoms with van der Waals surface area (Å²) in [6.07, 6.45) is 0. The van der Waals surface area contributed by atoms with Crippen molar-refractivity contribution in [2.24, 2.45) is 5.73 Å². The van der Waals surface area contributed by atoms with Gasteiger partial charge in [0.05, 0.1) is 5.56 Å². The standard InChI is InChI=1S/C12H10N2O4/c13-10(15)6-5-8-3-1-2-4-9(8)12(18)14-7-11(16)17/h1-4H,7H2,(H2,13,15)(H,14,18)(H,16,17). The van der Waals surface area contributed by atoms with Gasteiger partial charge in [-0.15, -0.1) is 0 Å². The zero-order chi connectivity index (χ0) is 13.5. The van der Waals surface area contributed by atoms with Crippen molar-refractivity contribution in [1.29, 1.82) is 0 Å². The molecule has 0 aromatic heterocycles. The highest BCUT2D eigenvalue weighted by Gasteiger charge is 2.10. The highest BCUT2D eigenvalue weighted by atomic mass is 16.4. The Morgan fingerprint density at radius 1 is 1.28 bits per heavy atom. The number of nitrogens with one attached hydrogen (secondary N) is 1. The van der Waals surface area contributed by atoms with Crippen molar-refractivity contribution in [3.63, 3.8) is 0 Å². The van der Waals surface area contributed by atoms with Gasteiger partial charge < -0.3 is 16.2 Å². The van der Waals surface area contributed by atoms with E-state index in [-0.39, 0.29) is 5.56 Å². The van der Waals surface area contributed by atoms with Gasteiger partial charge in [-0.3, -0.25) is 14.4 Å². The second kappa shape index (κ2) is 6.06. The van der Waals surface area contributed by atoms with Gasteiger partial charge in [0.1, 0.15) is 6.54 Å². The molecule has 0 aliphatic carbocycles. The van der Waals surface area contributed by atoms with E-state index in [1.54, 1.807) is 12.1 Å². The molecule has 1 rings (SSSR count). The Kier molecular flexibility index (Phi) is 4.46. The lowest BCUT2D eigenvalue weighted by atomic mass is 10.1. The molecule has 92 valence electrons. The van der Waals surface area contributed by atoms with Crippen molar-refractivity contribution in [3.05, 3.63) is 35.4 Å². The van der Waals surface area contributed by atoms with Gasteiger partial charge in [-0.25, -0.2) is 0 Å². The molecule has 0 radical (unpaired) electrons. The average molecular weight is 246 g/mol. The van der Waals surface area contributed by atoms with Crippen LogP contribution in [0.25, 0.3) is 0 Å². The van der Waals surface area contributed by atoms with Crippen molar-refractivity contribution in [2.45, 2.75) is 0 Å². The molecule has 0 aliphatic heterocycles. The van der Waals surface area contributed by atoms with Gasteiger partial charge in [-0.05, 0) is 12.1 Å². The van der Waals surface area contributed by atoms with Crippen LogP contribution >= 0.6 is 0 Å². The maximum Gasteiger partial charge on any atom is 0.322 e. The normalized spacial score (nSPS) is 8.89. The molecule has 0 spiro atoms. The number of amides is 2. The Morgan fingerprint density at radius 3 is 2.56 bits per heavy atom. The van der Waals surface area contributed by atoms with E-state index in [0.717, 1.165) is 0 Å². The summed E-state index contributed by atoms with van der Waals surface area (Å²) in [6.45, 7) is -0.490. The van der Waals surface area contributed by atoms with E-state index in [2.05, 4.69) is 17.2 Å². The number of carbonyl (C=O) groups is 3. The van der Waals surface area contributed by atoms with Crippen LogP contribution in [-0.4, -0.2) is 29.4 Å². The number of carboxylic acids is 1. The fourth-order valence-corrected chi connectivity index (χ4v) is 1.17. The second-order valence-electron chi connectivity index (χ2n) is 3.24. The van der Waals surface area contributed by atoms with Gasteiger partial charge in [0, 0.05) is 11.5 Å². The van der Waals surface area contributed by atoms with Gasteiger partial charge in [0.15, 0.2) is 0 Å². The number of aliphatic carboxylic acids is 1. The van der Waals surface area contributed by atoms with Crippen molar-refractivity contribution in [2.75, 3.05) is 6.54 Å². The molecule has 6 nitrogen and oxygen atoms in total. The quantitative estimate of drug-likeness (QED) is 0.615. The summed E-state index contributed by atoms with van der Waals surface area (Å²) >= 11 is 0. The van der Waals surface area contributed by atoms with Crippen molar-refractivity contribution >= 4 is 17.8 Å². The molecule has 6 heteroatoms. The van der Waals surface area contributed by atoms with Crippen LogP contribution < -0.4 is 11.1 Å². The molecule has 0 bridgehead atoms. The lowest BCUT2D eigenvalue weighted by Crippen LogP contribution is -2.29. The van der Waals surface area contributed by atoms with Crippen LogP contribution in [-0.2, 0) is 9.59 Å². The second-order valence-corrected chi connectivity index (χ2v) is 3.24. The van der Waals surface area contributed by atoms with E-state index < -0.39 is 24.3 Å². The van der Waals surface area contributed by atoms with E-state index >= 15 is 0 Å². The topological polar surface area (TPSA) is 109 Å². The molecule has 1 aromatic rings. The zero-order valence-corrected chi connectivity index (χ0v) is 9.27. The smallest absolute Gasteiger partial charge is 0.322 e. The van der Waals surface area contributed by atoms with Crippen LogP contribution in [0.15, 0.2) is 24.3 Å². The molecule has 0 aliphatic rings. The van der Waals surface area contributed by atoms with Gasteiger partial charge in [-0.1, -0.05) is 18.1 Å². The highest BCUT2D eigenvalue weighted by Crippen LogP contribution is 2.06. The highest BCUT2D eigenvalue weighted by molar-refractivity contribution is 5.99. The molecule has 0 atom stereocenters. The third-order valence-electron chi connectivity index (χ3n) is 1.89. The lowest BCUT2D eigenvalue weighted by molar-refractivity contribution is -0.135. The maximum absolute atomic E-state index is 11.7. The maximum atomic E-state index is 11.7. The molecule has 1 aromatic carbocycles. The molecule has 0 saturated carbocycles. The summed E-state index contributed by atoms with van der Waals surface area (Å²) in [6, 6.07) is 6.25. The fourth-order valence-electron chi connectivity index (χ4n) is 1.17. The third kappa shape index (κ3) is 3.98. The first-order valence-electron chi connectivity index (χ1n) is 4.91. The fraction of sp³-hybridized carbons (Fsp3) is 0.0833. The minimum absolute atomic E-state index is 0.188. The molecule has 4 N–H and O–H groups in total. The Bertz CT molecular complexity index is 555. The van der Waals surface area contributed by atoms with Crippen molar-refractivity contribution in [1.82, 2.24) is 5.32 Å². The number of hydrogen-bond donors (Lipinski definition) is 3. The molecular weight excluding hydrogens is 236 g/mol. The first-order valence-corrected chi connectivity index (χ1v) is 4.91. The minimum Gasteiger partial charge on any atom is -0.480 e. The zero-order valence-electron chi connectivity index (χ0n) is 9.27. The largest absolute Gasteiger partial charge is 0.480 e. The SMILES string of the molecule is NC(=O)C#Cc1ccccc1C(=O)NCC(=O)O. The average Bonchev–Trinajstić information content (AvgIpc) is 2.33. The number of carboxylic acid groups (broad SMARTS) is 1. The first kappa shape index (κ1) is 13.3. The summed E-state index contributed by atoms with van der Waals surface area (Å²) in [5.74, 6) is 2.03. The van der Waals surface area contributed by atoms with Crippen LogP contribution in [0.1, 0.15) is 15.9 Å². The molecule has 2 amide bonds. The minimum atomic E-state index is -1.15. The predicted molar refractivity (Wildman–Crippen MR) is 62.5 cm³/mol. The van der Waals surface area contributed by atoms with Crippen molar-refractivity contribution < 1.29 is 19.5 Å². The summed E-state index contributed by atoms with van der Waals surface area (Å²) in [5.41, 5.74) is 5.37. The third-order valence-corrected chi connectivity index (χ3v) is 1.89. The Labute approximate surface area is 103 Å². The Hall–Kier alpha value is -2.81. The molecule has 0 saturated heterocycles. The Morgan fingerprint density at radius 2 is 1.94 bits per heavy atom. The van der Waals surface area contributed by atoms with Crippen molar-refractivity contribution in [3.8, 4) is 11.8 Å². The molecular formula is C12H10N2O4. The molecule has 0 unspecified atom stereocenters. The monoisotopic (exact) mass is 246 g/mol. The molecule has 18 heavy (non-hydrogen) atoms. The summed E-state index contributed by atoms with van der Waals surface area (Å²) < 4.78 is 0. The van der Waals surface area contributed by atoms with E-state index in [4.69, 9.17) is 10.8 Å². The summed E-state index contributed by atoms with van der Waals surface area (Å²) in [4.78, 5) is 32.5. The van der Waals surface area contributed by atoms with E-state index in [0.29, 0.717) is 5.56 Å². The van der Waals surface area contributed by atoms with E-state index in [1.165, 1.54) is 12.1 Å². The lowest BCUT2D eigenvalue weighted by Gasteiger charge is -2.04. The van der Waals surface area contributed by atoms with Gasteiger partial charge >= 0.3 is 5.97 Å².